The summed E-state index contributed by atoms with van der Waals surface area (Å²) in [5.74, 6) is 0.623. The summed E-state index contributed by atoms with van der Waals surface area (Å²) in [6.45, 7) is 0. The molecule has 19 heavy (non-hydrogen) atoms. The summed E-state index contributed by atoms with van der Waals surface area (Å²) in [7, 11) is 0. The van der Waals surface area contributed by atoms with Crippen LogP contribution in [0.4, 0.5) is 11.5 Å². The standard InChI is InChI=1S/C12H7BrCl2N4/c13-10-6-19-2-1-16-12(19)11(18-10)17-9-4-7(14)3-8(15)5-9/h1-6H,(H,17,18). The zero-order chi connectivity index (χ0) is 13.4. The van der Waals surface area contributed by atoms with E-state index in [-0.39, 0.29) is 0 Å². The van der Waals surface area contributed by atoms with Gasteiger partial charge in [0.25, 0.3) is 0 Å². The monoisotopic (exact) mass is 356 g/mol. The highest BCUT2D eigenvalue weighted by molar-refractivity contribution is 9.10. The lowest BCUT2D eigenvalue weighted by atomic mass is 10.3. The molecule has 96 valence electrons. The van der Waals surface area contributed by atoms with Crippen LogP contribution in [-0.2, 0) is 0 Å². The van der Waals surface area contributed by atoms with Crippen LogP contribution in [0.5, 0.6) is 0 Å². The fourth-order valence-electron chi connectivity index (χ4n) is 1.75. The van der Waals surface area contributed by atoms with Crippen LogP contribution in [0.25, 0.3) is 5.65 Å². The molecule has 0 spiro atoms. The molecule has 0 radical (unpaired) electrons. The maximum Gasteiger partial charge on any atom is 0.180 e. The predicted molar refractivity (Wildman–Crippen MR) is 80.4 cm³/mol. The maximum absolute atomic E-state index is 5.97. The first-order valence-electron chi connectivity index (χ1n) is 5.34. The van der Waals surface area contributed by atoms with Gasteiger partial charge < -0.3 is 9.72 Å². The first kappa shape index (κ1) is 12.7. The van der Waals surface area contributed by atoms with Crippen LogP contribution in [0, 0.1) is 0 Å². The van der Waals surface area contributed by atoms with E-state index in [1.807, 2.05) is 16.8 Å². The predicted octanol–water partition coefficient (Wildman–Crippen LogP) is 4.54. The molecule has 2 heterocycles. The Hall–Kier alpha value is -1.30. The third-order valence-electron chi connectivity index (χ3n) is 2.47. The highest BCUT2D eigenvalue weighted by Gasteiger charge is 2.07. The van der Waals surface area contributed by atoms with Crippen molar-refractivity contribution in [3.63, 3.8) is 0 Å². The third kappa shape index (κ3) is 2.68. The van der Waals surface area contributed by atoms with Crippen LogP contribution in [0.2, 0.25) is 10.0 Å². The van der Waals surface area contributed by atoms with Gasteiger partial charge in [-0.2, -0.15) is 0 Å². The molecule has 2 aromatic heterocycles. The van der Waals surface area contributed by atoms with Crippen molar-refractivity contribution < 1.29 is 0 Å². The Balaban J connectivity index is 2.07. The zero-order valence-electron chi connectivity index (χ0n) is 9.44. The molecule has 1 N–H and O–H groups in total. The molecule has 0 unspecified atom stereocenters. The van der Waals surface area contributed by atoms with E-state index in [9.17, 15) is 0 Å². The molecule has 3 aromatic rings. The van der Waals surface area contributed by atoms with Gasteiger partial charge in [-0.15, -0.1) is 0 Å². The summed E-state index contributed by atoms with van der Waals surface area (Å²) >= 11 is 15.3. The number of halogens is 3. The lowest BCUT2D eigenvalue weighted by Gasteiger charge is -2.08. The summed E-state index contributed by atoms with van der Waals surface area (Å²) in [4.78, 5) is 8.62. The lowest BCUT2D eigenvalue weighted by molar-refractivity contribution is 1.10. The van der Waals surface area contributed by atoms with Crippen molar-refractivity contribution >= 4 is 56.3 Å². The van der Waals surface area contributed by atoms with Crippen molar-refractivity contribution in [1.82, 2.24) is 14.4 Å². The van der Waals surface area contributed by atoms with E-state index < -0.39 is 0 Å². The Morgan fingerprint density at radius 3 is 2.63 bits per heavy atom. The molecule has 0 aliphatic rings. The number of rotatable bonds is 2. The normalized spacial score (nSPS) is 10.9. The molecule has 0 aliphatic heterocycles. The molecule has 7 heteroatoms. The third-order valence-corrected chi connectivity index (χ3v) is 3.29. The summed E-state index contributed by atoms with van der Waals surface area (Å²) in [5, 5.41) is 4.28. The van der Waals surface area contributed by atoms with Crippen molar-refractivity contribution in [2.24, 2.45) is 0 Å². The summed E-state index contributed by atoms with van der Waals surface area (Å²) in [6, 6.07) is 5.22. The minimum absolute atomic E-state index is 0.560. The number of hydrogen-bond donors (Lipinski definition) is 1. The van der Waals surface area contributed by atoms with E-state index in [1.54, 1.807) is 24.4 Å². The van der Waals surface area contributed by atoms with Crippen LogP contribution in [-0.4, -0.2) is 14.4 Å². The van der Waals surface area contributed by atoms with E-state index >= 15 is 0 Å². The van der Waals surface area contributed by atoms with Crippen LogP contribution >= 0.6 is 39.1 Å². The number of nitrogens with zero attached hydrogens (tertiary/aromatic N) is 3. The van der Waals surface area contributed by atoms with E-state index in [4.69, 9.17) is 23.2 Å². The molecule has 4 nitrogen and oxygen atoms in total. The average molecular weight is 358 g/mol. The van der Waals surface area contributed by atoms with Gasteiger partial charge in [-0.05, 0) is 34.1 Å². The Morgan fingerprint density at radius 2 is 1.89 bits per heavy atom. The molecular formula is C12H7BrCl2N4. The van der Waals surface area contributed by atoms with Gasteiger partial charge in [0.2, 0.25) is 0 Å². The van der Waals surface area contributed by atoms with E-state index in [1.165, 1.54) is 0 Å². The average Bonchev–Trinajstić information content (AvgIpc) is 2.75. The molecule has 0 amide bonds. The van der Waals surface area contributed by atoms with Gasteiger partial charge in [0.15, 0.2) is 11.5 Å². The Bertz CT molecular complexity index is 736. The summed E-state index contributed by atoms with van der Waals surface area (Å²) < 4.78 is 2.57. The molecule has 0 saturated heterocycles. The minimum Gasteiger partial charge on any atom is -0.337 e. The fraction of sp³-hybridized carbons (Fsp3) is 0. The molecule has 0 saturated carbocycles. The summed E-state index contributed by atoms with van der Waals surface area (Å²) in [5.41, 5.74) is 1.48. The molecule has 0 aliphatic carbocycles. The van der Waals surface area contributed by atoms with Crippen LogP contribution < -0.4 is 5.32 Å². The second kappa shape index (κ2) is 5.00. The highest BCUT2D eigenvalue weighted by atomic mass is 79.9. The number of fused-ring (bicyclic) bond motifs is 1. The van der Waals surface area contributed by atoms with Gasteiger partial charge in [-0.3, -0.25) is 0 Å². The Morgan fingerprint density at radius 1 is 1.16 bits per heavy atom. The molecule has 0 fully saturated rings. The molecule has 1 aromatic carbocycles. The van der Waals surface area contributed by atoms with E-state index in [0.717, 1.165) is 11.3 Å². The van der Waals surface area contributed by atoms with Gasteiger partial charge in [0.05, 0.1) is 0 Å². The van der Waals surface area contributed by atoms with Crippen LogP contribution in [0.1, 0.15) is 0 Å². The molecule has 3 rings (SSSR count). The SMILES string of the molecule is Clc1cc(Cl)cc(Nc2nc(Br)cn3ccnc23)c1. The van der Waals surface area contributed by atoms with Crippen molar-refractivity contribution in [3.05, 3.63) is 51.4 Å². The molecular weight excluding hydrogens is 351 g/mol. The minimum atomic E-state index is 0.560. The number of hydrogen-bond acceptors (Lipinski definition) is 3. The zero-order valence-corrected chi connectivity index (χ0v) is 12.5. The number of aromatic nitrogens is 3. The second-order valence-corrected chi connectivity index (χ2v) is 5.54. The van der Waals surface area contributed by atoms with Gasteiger partial charge in [-0.1, -0.05) is 23.2 Å². The molecule has 0 atom stereocenters. The maximum atomic E-state index is 5.97. The second-order valence-electron chi connectivity index (χ2n) is 3.85. The number of benzene rings is 1. The quantitative estimate of drug-likeness (QED) is 0.731. The largest absolute Gasteiger partial charge is 0.337 e. The topological polar surface area (TPSA) is 42.2 Å². The first-order chi connectivity index (χ1) is 9.11. The number of imidazole rings is 1. The molecule has 0 bridgehead atoms. The summed E-state index contributed by atoms with van der Waals surface area (Å²) in [6.07, 6.45) is 5.38. The van der Waals surface area contributed by atoms with Gasteiger partial charge in [-0.25, -0.2) is 9.97 Å². The fourth-order valence-corrected chi connectivity index (χ4v) is 2.67. The smallest absolute Gasteiger partial charge is 0.180 e. The first-order valence-corrected chi connectivity index (χ1v) is 6.89. The Kier molecular flexibility index (Phi) is 3.35. The van der Waals surface area contributed by atoms with E-state index in [2.05, 4.69) is 31.2 Å². The Labute approximate surface area is 127 Å². The van der Waals surface area contributed by atoms with Crippen molar-refractivity contribution in [1.29, 1.82) is 0 Å². The van der Waals surface area contributed by atoms with Crippen LogP contribution in [0.15, 0.2) is 41.4 Å². The number of anilines is 2. The highest BCUT2D eigenvalue weighted by Crippen LogP contribution is 2.26. The van der Waals surface area contributed by atoms with Gasteiger partial charge in [0, 0.05) is 34.3 Å². The number of nitrogens with one attached hydrogen (secondary N) is 1. The van der Waals surface area contributed by atoms with Crippen molar-refractivity contribution in [3.8, 4) is 0 Å². The van der Waals surface area contributed by atoms with Gasteiger partial charge in [0.1, 0.15) is 4.60 Å². The van der Waals surface area contributed by atoms with Crippen LogP contribution in [0.3, 0.4) is 0 Å². The van der Waals surface area contributed by atoms with Gasteiger partial charge >= 0.3 is 0 Å². The lowest BCUT2D eigenvalue weighted by Crippen LogP contribution is -1.98. The van der Waals surface area contributed by atoms with Crippen molar-refractivity contribution in [2.45, 2.75) is 0 Å². The van der Waals surface area contributed by atoms with Crippen molar-refractivity contribution in [2.75, 3.05) is 5.32 Å². The van der Waals surface area contributed by atoms with E-state index in [0.29, 0.717) is 20.5 Å².